The minimum Gasteiger partial charge on any atom is -0.508 e. The summed E-state index contributed by atoms with van der Waals surface area (Å²) in [5.41, 5.74) is 1.46. The lowest BCUT2D eigenvalue weighted by Gasteiger charge is -2.23. The molecule has 130 valence electrons. The molecule has 4 rings (SSSR count). The van der Waals surface area contributed by atoms with Gasteiger partial charge in [0.25, 0.3) is 0 Å². The summed E-state index contributed by atoms with van der Waals surface area (Å²) < 4.78 is 7.69. The summed E-state index contributed by atoms with van der Waals surface area (Å²) in [6.07, 6.45) is 4.61. The van der Waals surface area contributed by atoms with Gasteiger partial charge >= 0.3 is 0 Å². The van der Waals surface area contributed by atoms with E-state index in [0.717, 1.165) is 19.3 Å². The van der Waals surface area contributed by atoms with Crippen LogP contribution in [-0.2, 0) is 4.74 Å². The van der Waals surface area contributed by atoms with Crippen LogP contribution in [0.1, 0.15) is 25.5 Å². The van der Waals surface area contributed by atoms with Crippen LogP contribution >= 0.6 is 12.6 Å². The Balaban J connectivity index is 1.76. The maximum absolute atomic E-state index is 9.96. The molecule has 25 heavy (non-hydrogen) atoms. The zero-order valence-corrected chi connectivity index (χ0v) is 14.1. The van der Waals surface area contributed by atoms with Gasteiger partial charge in [-0.25, -0.2) is 15.0 Å². The number of ether oxygens (including phenoxy) is 1. The molecule has 1 aromatic carbocycles. The van der Waals surface area contributed by atoms with Gasteiger partial charge in [0.15, 0.2) is 22.1 Å². The van der Waals surface area contributed by atoms with Crippen LogP contribution in [0.4, 0.5) is 11.5 Å². The molecule has 0 saturated carbocycles. The van der Waals surface area contributed by atoms with Crippen molar-refractivity contribution in [2.24, 2.45) is 0 Å². The maximum atomic E-state index is 9.96. The predicted molar refractivity (Wildman–Crippen MR) is 94.5 cm³/mol. The molecule has 1 atom stereocenters. The second-order valence-corrected chi connectivity index (χ2v) is 6.24. The average molecular weight is 359 g/mol. The largest absolute Gasteiger partial charge is 0.508 e. The third-order valence-corrected chi connectivity index (χ3v) is 4.31. The lowest BCUT2D eigenvalue weighted by molar-refractivity contribution is -0.0298. The summed E-state index contributed by atoms with van der Waals surface area (Å²) >= 11 is 4.27. The minimum atomic E-state index is -0.108. The molecule has 1 aliphatic heterocycles. The lowest BCUT2D eigenvalue weighted by Crippen LogP contribution is -2.17. The van der Waals surface area contributed by atoms with Crippen molar-refractivity contribution in [1.82, 2.24) is 19.5 Å². The number of hydrogen-bond acceptors (Lipinski definition) is 8. The average Bonchev–Trinajstić information content (AvgIpc) is 3.03. The summed E-state index contributed by atoms with van der Waals surface area (Å²) in [5, 5.41) is 22.8. The van der Waals surface area contributed by atoms with Crippen LogP contribution in [0.2, 0.25) is 0 Å². The summed E-state index contributed by atoms with van der Waals surface area (Å²) in [4.78, 5) is 13.0. The van der Waals surface area contributed by atoms with E-state index in [1.807, 2.05) is 4.57 Å². The van der Waals surface area contributed by atoms with Gasteiger partial charge in [0, 0.05) is 12.7 Å². The maximum Gasteiger partial charge on any atom is 0.188 e. The topological polar surface area (TPSA) is 105 Å². The van der Waals surface area contributed by atoms with Crippen molar-refractivity contribution >= 4 is 35.3 Å². The van der Waals surface area contributed by atoms with Crippen LogP contribution in [0.5, 0.6) is 11.5 Å². The van der Waals surface area contributed by atoms with Crippen molar-refractivity contribution in [2.45, 2.75) is 30.6 Å². The highest BCUT2D eigenvalue weighted by Gasteiger charge is 2.21. The Hall–Kier alpha value is -2.52. The number of imidazole rings is 1. The third kappa shape index (κ3) is 3.08. The highest BCUT2D eigenvalue weighted by molar-refractivity contribution is 7.80. The molecule has 2 aromatic heterocycles. The first-order valence-corrected chi connectivity index (χ1v) is 8.40. The number of nitrogens with zero attached hydrogens (tertiary/aromatic N) is 4. The quantitative estimate of drug-likeness (QED) is 0.247. The number of anilines is 2. The number of phenols is 2. The number of thiol groups is 1. The van der Waals surface area contributed by atoms with Crippen LogP contribution in [0, 0.1) is 0 Å². The molecule has 0 radical (unpaired) electrons. The Labute approximate surface area is 148 Å². The molecule has 9 heteroatoms. The number of fused-ring (bicyclic) bond motifs is 1. The summed E-state index contributed by atoms with van der Waals surface area (Å²) in [6.45, 7) is 0.714. The Morgan fingerprint density at radius 3 is 2.92 bits per heavy atom. The summed E-state index contributed by atoms with van der Waals surface area (Å²) in [5.74, 6) is 0.406. The Bertz CT molecular complexity index is 924. The van der Waals surface area contributed by atoms with E-state index in [0.29, 0.717) is 29.3 Å². The number of aromatic hydroxyl groups is 2. The SMILES string of the molecule is Oc1ccc(O)c(Nc2nc(S)nc3c2ncn3C2CCCCO2)c1. The molecule has 0 spiro atoms. The van der Waals surface area contributed by atoms with E-state index in [9.17, 15) is 10.2 Å². The van der Waals surface area contributed by atoms with Gasteiger partial charge in [-0.1, -0.05) is 0 Å². The van der Waals surface area contributed by atoms with Gasteiger partial charge in [-0.05, 0) is 31.4 Å². The number of phenolic OH excluding ortho intramolecular Hbond substituents is 2. The monoisotopic (exact) mass is 359 g/mol. The van der Waals surface area contributed by atoms with Gasteiger partial charge < -0.3 is 20.3 Å². The van der Waals surface area contributed by atoms with Gasteiger partial charge in [-0.3, -0.25) is 4.57 Å². The minimum absolute atomic E-state index is 0.0136. The first-order chi connectivity index (χ1) is 12.1. The Morgan fingerprint density at radius 1 is 1.24 bits per heavy atom. The highest BCUT2D eigenvalue weighted by Crippen LogP contribution is 2.33. The van der Waals surface area contributed by atoms with Gasteiger partial charge in [0.1, 0.15) is 17.7 Å². The Morgan fingerprint density at radius 2 is 2.12 bits per heavy atom. The summed E-state index contributed by atoms with van der Waals surface area (Å²) in [7, 11) is 0. The molecule has 3 N–H and O–H groups in total. The van der Waals surface area contributed by atoms with Gasteiger partial charge in [-0.15, -0.1) is 12.6 Å². The van der Waals surface area contributed by atoms with Crippen LogP contribution in [-0.4, -0.2) is 36.3 Å². The Kier molecular flexibility index (Phi) is 4.10. The first-order valence-electron chi connectivity index (χ1n) is 7.96. The molecule has 0 amide bonds. The smallest absolute Gasteiger partial charge is 0.188 e. The number of aromatic nitrogens is 4. The lowest BCUT2D eigenvalue weighted by atomic mass is 10.2. The van der Waals surface area contributed by atoms with Crippen molar-refractivity contribution in [3.8, 4) is 11.5 Å². The second kappa shape index (κ2) is 6.41. The van der Waals surface area contributed by atoms with E-state index in [1.54, 1.807) is 6.33 Å². The third-order valence-electron chi connectivity index (χ3n) is 4.11. The van der Waals surface area contributed by atoms with Gasteiger partial charge in [0.05, 0.1) is 12.0 Å². The predicted octanol–water partition coefficient (Wildman–Crippen LogP) is 2.97. The fourth-order valence-electron chi connectivity index (χ4n) is 2.90. The standard InChI is InChI=1S/C16H17N5O3S/c22-9-4-5-11(23)10(7-9)18-14-13-15(20-16(25)19-14)21(8-17-13)12-3-1-2-6-24-12/h4-5,7-8,12,22-23H,1-3,6H2,(H2,18,19,20,25). The zero-order chi connectivity index (χ0) is 17.4. The van der Waals surface area contributed by atoms with E-state index >= 15 is 0 Å². The van der Waals surface area contributed by atoms with Crippen molar-refractivity contribution in [3.05, 3.63) is 24.5 Å². The zero-order valence-electron chi connectivity index (χ0n) is 13.3. The molecule has 1 fully saturated rings. The van der Waals surface area contributed by atoms with Crippen molar-refractivity contribution in [1.29, 1.82) is 0 Å². The van der Waals surface area contributed by atoms with Crippen LogP contribution < -0.4 is 5.32 Å². The molecule has 1 aliphatic rings. The molecule has 8 nitrogen and oxygen atoms in total. The molecule has 0 aliphatic carbocycles. The highest BCUT2D eigenvalue weighted by atomic mass is 32.1. The van der Waals surface area contributed by atoms with Gasteiger partial charge in [-0.2, -0.15) is 0 Å². The van der Waals surface area contributed by atoms with Crippen molar-refractivity contribution in [3.63, 3.8) is 0 Å². The molecular weight excluding hydrogens is 342 g/mol. The van der Waals surface area contributed by atoms with Crippen molar-refractivity contribution < 1.29 is 14.9 Å². The molecule has 1 saturated heterocycles. The second-order valence-electron chi connectivity index (χ2n) is 5.84. The van der Waals surface area contributed by atoms with Crippen LogP contribution in [0.3, 0.4) is 0 Å². The van der Waals surface area contributed by atoms with E-state index < -0.39 is 0 Å². The summed E-state index contributed by atoms with van der Waals surface area (Å²) in [6, 6.07) is 4.20. The van der Waals surface area contributed by atoms with Crippen LogP contribution in [0.15, 0.2) is 29.7 Å². The molecule has 3 aromatic rings. The van der Waals surface area contributed by atoms with E-state index in [4.69, 9.17) is 4.74 Å². The van der Waals surface area contributed by atoms with E-state index in [2.05, 4.69) is 32.9 Å². The first kappa shape index (κ1) is 16.0. The van der Waals surface area contributed by atoms with Crippen LogP contribution in [0.25, 0.3) is 11.2 Å². The number of nitrogens with one attached hydrogen (secondary N) is 1. The van der Waals surface area contributed by atoms with E-state index in [1.165, 1.54) is 18.2 Å². The normalized spacial score (nSPS) is 17.7. The molecule has 1 unspecified atom stereocenters. The van der Waals surface area contributed by atoms with Gasteiger partial charge in [0.2, 0.25) is 0 Å². The molecule has 0 bridgehead atoms. The number of hydrogen-bond donors (Lipinski definition) is 4. The molecular formula is C16H17N5O3S. The number of rotatable bonds is 3. The van der Waals surface area contributed by atoms with E-state index in [-0.39, 0.29) is 22.9 Å². The fourth-order valence-corrected chi connectivity index (χ4v) is 3.09. The fraction of sp³-hybridized carbons (Fsp3) is 0.312. The molecule has 3 heterocycles. The number of benzene rings is 1. The van der Waals surface area contributed by atoms with Crippen molar-refractivity contribution in [2.75, 3.05) is 11.9 Å².